The summed E-state index contributed by atoms with van der Waals surface area (Å²) in [5.41, 5.74) is 5.26. The van der Waals surface area contributed by atoms with E-state index in [1.807, 2.05) is 19.9 Å². The number of benzene rings is 2. The van der Waals surface area contributed by atoms with E-state index in [2.05, 4.69) is 15.5 Å². The molecule has 0 unspecified atom stereocenters. The van der Waals surface area contributed by atoms with Gasteiger partial charge in [0.15, 0.2) is 18.0 Å². The molecule has 1 aliphatic rings. The number of carbonyl (C=O) groups excluding carboxylic acids is 1. The molecule has 2 N–H and O–H groups in total. The topological polar surface area (TPSA) is 124 Å². The number of nitrogens with one attached hydrogen (secondary N) is 1. The first-order valence-electron chi connectivity index (χ1n) is 9.20. The van der Waals surface area contributed by atoms with Crippen LogP contribution in [-0.4, -0.2) is 29.7 Å². The number of hydrazone groups is 1. The third kappa shape index (κ3) is 4.34. The molecule has 3 aromatic rings. The first-order chi connectivity index (χ1) is 15.3. The van der Waals surface area contributed by atoms with Crippen molar-refractivity contribution in [2.24, 2.45) is 5.10 Å². The molecule has 0 saturated carbocycles. The Balaban J connectivity index is 1.74. The van der Waals surface area contributed by atoms with Crippen molar-refractivity contribution in [3.63, 3.8) is 0 Å². The lowest BCUT2D eigenvalue weighted by molar-refractivity contribution is 0.476. The van der Waals surface area contributed by atoms with Gasteiger partial charge in [0.05, 0.1) is 16.3 Å². The normalized spacial score (nSPS) is 13.4. The molecule has 0 amide bonds. The van der Waals surface area contributed by atoms with Crippen molar-refractivity contribution in [1.82, 2.24) is 10.4 Å². The van der Waals surface area contributed by atoms with Crippen molar-refractivity contribution in [3.05, 3.63) is 70.9 Å². The molecule has 0 radical (unpaired) electrons. The Morgan fingerprint density at radius 1 is 1.19 bits per heavy atom. The number of rotatable bonds is 6. The molecular weight excluding hydrogens is 454 g/mol. The van der Waals surface area contributed by atoms with Crippen LogP contribution >= 0.6 is 11.3 Å². The molecule has 1 aromatic heterocycles. The van der Waals surface area contributed by atoms with Gasteiger partial charge in [-0.2, -0.15) is 8.42 Å². The van der Waals surface area contributed by atoms with Crippen molar-refractivity contribution in [2.45, 2.75) is 18.7 Å². The number of anilines is 2. The fraction of sp³-hybridized carbons (Fsp3) is 0.100. The van der Waals surface area contributed by atoms with Crippen LogP contribution in [-0.2, 0) is 14.9 Å². The second-order valence-corrected chi connectivity index (χ2v) is 9.25. The van der Waals surface area contributed by atoms with Gasteiger partial charge >= 0.3 is 0 Å². The summed E-state index contributed by atoms with van der Waals surface area (Å²) in [5.74, 6) is 2.45. The quantitative estimate of drug-likeness (QED) is 0.317. The highest BCUT2D eigenvalue weighted by Crippen LogP contribution is 2.31. The van der Waals surface area contributed by atoms with E-state index in [1.54, 1.807) is 29.3 Å². The van der Waals surface area contributed by atoms with Gasteiger partial charge in [-0.05, 0) is 50.2 Å². The van der Waals surface area contributed by atoms with Crippen molar-refractivity contribution >= 4 is 44.1 Å². The molecule has 0 saturated heterocycles. The Hall–Kier alpha value is -3.70. The highest BCUT2D eigenvalue weighted by atomic mass is 32.2. The van der Waals surface area contributed by atoms with Crippen LogP contribution in [0.25, 0.3) is 0 Å². The molecule has 12 heteroatoms. The van der Waals surface area contributed by atoms with Crippen molar-refractivity contribution in [2.75, 3.05) is 10.2 Å². The standard InChI is InChI=1S/C20H17N5O5S2/c1-13-14(2)31-20(21-13)25-23-19(15-4-3-5-17(12-15)30-11-10-26)22-24(25)16-6-8-18(9-7-16)32(27,28)29/h3-9,11-12H,1-2H3,(H,22,23)(H,27,28,29). The molecule has 32 heavy (non-hydrogen) atoms. The van der Waals surface area contributed by atoms with Crippen molar-refractivity contribution in [3.8, 4) is 5.75 Å². The predicted octanol–water partition coefficient (Wildman–Crippen LogP) is 2.84. The molecule has 0 bridgehead atoms. The zero-order valence-corrected chi connectivity index (χ0v) is 18.5. The number of hydrogen-bond donors (Lipinski definition) is 2. The third-order valence-electron chi connectivity index (χ3n) is 4.51. The number of hydrogen-bond acceptors (Lipinski definition) is 10. The summed E-state index contributed by atoms with van der Waals surface area (Å²) < 4.78 is 37.2. The summed E-state index contributed by atoms with van der Waals surface area (Å²) in [6.45, 7) is 3.86. The molecule has 0 fully saturated rings. The summed E-state index contributed by atoms with van der Waals surface area (Å²) in [5, 5.41) is 8.39. The summed E-state index contributed by atoms with van der Waals surface area (Å²) in [6, 6.07) is 12.6. The minimum absolute atomic E-state index is 0.224. The Kier molecular flexibility index (Phi) is 5.68. The SMILES string of the molecule is Cc1nc(N2NC(c3cccc(OC=C=O)c3)=NN2c2ccc(S(=O)(=O)O)cc2)sc1C. The monoisotopic (exact) mass is 471 g/mol. The van der Waals surface area contributed by atoms with Gasteiger partial charge in [0.25, 0.3) is 10.1 Å². The van der Waals surface area contributed by atoms with Gasteiger partial charge in [0.2, 0.25) is 5.13 Å². The number of thiazole rings is 1. The highest BCUT2D eigenvalue weighted by Gasteiger charge is 2.29. The third-order valence-corrected chi connectivity index (χ3v) is 6.43. The van der Waals surface area contributed by atoms with E-state index in [4.69, 9.17) is 4.74 Å². The average Bonchev–Trinajstić information content (AvgIpc) is 3.36. The fourth-order valence-electron chi connectivity index (χ4n) is 2.84. The predicted molar refractivity (Wildman–Crippen MR) is 120 cm³/mol. The van der Waals surface area contributed by atoms with E-state index in [1.165, 1.54) is 40.7 Å². The van der Waals surface area contributed by atoms with E-state index in [-0.39, 0.29) is 4.90 Å². The molecule has 1 aliphatic heterocycles. The van der Waals surface area contributed by atoms with E-state index >= 15 is 0 Å². The van der Waals surface area contributed by atoms with Crippen LogP contribution in [0.2, 0.25) is 0 Å². The fourth-order valence-corrected chi connectivity index (χ4v) is 4.18. The maximum atomic E-state index is 11.4. The minimum atomic E-state index is -4.32. The van der Waals surface area contributed by atoms with Gasteiger partial charge in [0.1, 0.15) is 5.75 Å². The van der Waals surface area contributed by atoms with E-state index in [9.17, 15) is 17.8 Å². The molecule has 0 aliphatic carbocycles. The molecule has 164 valence electrons. The lowest BCUT2D eigenvalue weighted by Gasteiger charge is -2.25. The average molecular weight is 472 g/mol. The zero-order valence-electron chi connectivity index (χ0n) is 16.9. The largest absolute Gasteiger partial charge is 0.453 e. The lowest BCUT2D eigenvalue weighted by atomic mass is 10.2. The van der Waals surface area contributed by atoms with Gasteiger partial charge in [-0.25, -0.2) is 9.78 Å². The van der Waals surface area contributed by atoms with Gasteiger partial charge in [-0.3, -0.25) is 9.98 Å². The van der Waals surface area contributed by atoms with Gasteiger partial charge < -0.3 is 4.74 Å². The number of aromatic nitrogens is 1. The molecule has 2 aromatic carbocycles. The number of amidine groups is 1. The molecule has 0 atom stereocenters. The van der Waals surface area contributed by atoms with Crippen molar-refractivity contribution in [1.29, 1.82) is 0 Å². The first-order valence-corrected chi connectivity index (χ1v) is 11.5. The maximum Gasteiger partial charge on any atom is 0.294 e. The van der Waals surface area contributed by atoms with Crippen LogP contribution in [0.1, 0.15) is 16.1 Å². The van der Waals surface area contributed by atoms with Crippen LogP contribution in [0.5, 0.6) is 5.75 Å². The number of nitrogens with zero attached hydrogens (tertiary/aromatic N) is 4. The van der Waals surface area contributed by atoms with Crippen LogP contribution in [0.15, 0.2) is 64.8 Å². The van der Waals surface area contributed by atoms with Crippen LogP contribution < -0.4 is 20.4 Å². The Morgan fingerprint density at radius 2 is 1.94 bits per heavy atom. The molecule has 2 heterocycles. The molecule has 0 spiro atoms. The van der Waals surface area contributed by atoms with Crippen LogP contribution in [0.4, 0.5) is 10.8 Å². The van der Waals surface area contributed by atoms with Gasteiger partial charge in [0, 0.05) is 10.4 Å². The van der Waals surface area contributed by atoms with E-state index < -0.39 is 10.1 Å². The van der Waals surface area contributed by atoms with Crippen LogP contribution in [0.3, 0.4) is 0 Å². The Bertz CT molecular complexity index is 1330. The maximum absolute atomic E-state index is 11.4. The Morgan fingerprint density at radius 3 is 2.56 bits per heavy atom. The second kappa shape index (κ2) is 8.44. The van der Waals surface area contributed by atoms with Gasteiger partial charge in [-0.15, -0.1) is 15.3 Å². The lowest BCUT2D eigenvalue weighted by Crippen LogP contribution is -2.44. The summed E-state index contributed by atoms with van der Waals surface area (Å²) in [7, 11) is -4.32. The second-order valence-electron chi connectivity index (χ2n) is 6.65. The number of hydrazine groups is 2. The summed E-state index contributed by atoms with van der Waals surface area (Å²) >= 11 is 1.46. The molecular formula is C20H17N5O5S2. The zero-order chi connectivity index (χ0) is 22.9. The Labute approximate surface area is 187 Å². The molecule has 10 nitrogen and oxygen atoms in total. The van der Waals surface area contributed by atoms with Crippen molar-refractivity contribution < 1.29 is 22.5 Å². The number of aryl methyl sites for hydroxylation is 2. The molecule has 4 rings (SSSR count). The highest BCUT2D eigenvalue weighted by molar-refractivity contribution is 7.85. The smallest absolute Gasteiger partial charge is 0.294 e. The minimum Gasteiger partial charge on any atom is -0.453 e. The number of ether oxygens (including phenoxy) is 1. The van der Waals surface area contributed by atoms with E-state index in [0.29, 0.717) is 28.0 Å². The first kappa shape index (κ1) is 21.5. The van der Waals surface area contributed by atoms with Gasteiger partial charge in [-0.1, -0.05) is 23.5 Å². The summed E-state index contributed by atoms with van der Waals surface area (Å²) in [6.07, 6.45) is 0.916. The van der Waals surface area contributed by atoms with E-state index in [0.717, 1.165) is 16.8 Å². The summed E-state index contributed by atoms with van der Waals surface area (Å²) in [4.78, 5) is 15.8. The van der Waals surface area contributed by atoms with Crippen LogP contribution in [0, 0.1) is 13.8 Å².